The fourth-order valence-electron chi connectivity index (χ4n) is 2.14. The van der Waals surface area contributed by atoms with Gasteiger partial charge in [-0.15, -0.1) is 0 Å². The Balaban J connectivity index is 3.13. The third-order valence-electron chi connectivity index (χ3n) is 3.71. The van der Waals surface area contributed by atoms with E-state index in [1.807, 2.05) is 14.0 Å². The monoisotopic (exact) mass is 284 g/mol. The molecule has 19 heavy (non-hydrogen) atoms. The molecular formula is C14H24N2O2S. The fourth-order valence-corrected chi connectivity index (χ4v) is 3.20. The van der Waals surface area contributed by atoms with Crippen molar-refractivity contribution < 1.29 is 9.90 Å². The van der Waals surface area contributed by atoms with Gasteiger partial charge in [0.1, 0.15) is 4.88 Å². The zero-order valence-electron chi connectivity index (χ0n) is 12.4. The summed E-state index contributed by atoms with van der Waals surface area (Å²) in [4.78, 5) is 18.4. The van der Waals surface area contributed by atoms with E-state index in [0.717, 1.165) is 30.1 Å². The zero-order chi connectivity index (χ0) is 14.6. The topological polar surface area (TPSA) is 53.4 Å². The number of hydrogen-bond acceptors (Lipinski definition) is 4. The summed E-state index contributed by atoms with van der Waals surface area (Å²) in [5, 5.41) is 10.1. The first kappa shape index (κ1) is 16.0. The molecule has 0 saturated heterocycles. The van der Waals surface area contributed by atoms with Gasteiger partial charge in [-0.2, -0.15) is 0 Å². The number of aromatic nitrogens is 1. The van der Waals surface area contributed by atoms with Crippen molar-refractivity contribution in [3.8, 4) is 0 Å². The lowest BCUT2D eigenvalue weighted by Gasteiger charge is -2.25. The molecule has 1 aromatic heterocycles. The number of nitrogens with zero attached hydrogens (tertiary/aromatic N) is 2. The molecule has 0 saturated carbocycles. The van der Waals surface area contributed by atoms with Crippen LogP contribution in [0.4, 0.5) is 5.13 Å². The van der Waals surface area contributed by atoms with Gasteiger partial charge >= 0.3 is 5.97 Å². The minimum Gasteiger partial charge on any atom is -0.477 e. The molecule has 0 bridgehead atoms. The quantitative estimate of drug-likeness (QED) is 0.823. The van der Waals surface area contributed by atoms with E-state index in [1.165, 1.54) is 11.3 Å². The number of anilines is 1. The molecule has 1 rings (SSSR count). The first-order valence-electron chi connectivity index (χ1n) is 6.92. The zero-order valence-corrected chi connectivity index (χ0v) is 13.3. The highest BCUT2D eigenvalue weighted by molar-refractivity contribution is 7.17. The van der Waals surface area contributed by atoms with Crippen molar-refractivity contribution in [2.75, 3.05) is 11.9 Å². The van der Waals surface area contributed by atoms with Crippen molar-refractivity contribution in [1.29, 1.82) is 0 Å². The average Bonchev–Trinajstić information content (AvgIpc) is 2.84. The Morgan fingerprint density at radius 1 is 1.32 bits per heavy atom. The second kappa shape index (κ2) is 6.89. The van der Waals surface area contributed by atoms with Crippen LogP contribution in [0.5, 0.6) is 0 Å². The van der Waals surface area contributed by atoms with Crippen LogP contribution in [0.25, 0.3) is 0 Å². The lowest BCUT2D eigenvalue weighted by molar-refractivity contribution is 0.0700. The summed E-state index contributed by atoms with van der Waals surface area (Å²) < 4.78 is 0. The Morgan fingerprint density at radius 2 is 1.89 bits per heavy atom. The van der Waals surface area contributed by atoms with Crippen molar-refractivity contribution in [1.82, 2.24) is 4.98 Å². The fraction of sp³-hybridized carbons (Fsp3) is 0.714. The Bertz CT molecular complexity index is 427. The lowest BCUT2D eigenvalue weighted by atomic mass is 10.0. The molecule has 108 valence electrons. The number of hydrogen-bond donors (Lipinski definition) is 1. The Kier molecular flexibility index (Phi) is 5.79. The van der Waals surface area contributed by atoms with E-state index in [1.54, 1.807) is 0 Å². The normalized spacial score (nSPS) is 12.7. The third kappa shape index (κ3) is 3.47. The molecule has 5 heteroatoms. The van der Waals surface area contributed by atoms with Crippen LogP contribution in [-0.2, 0) is 0 Å². The van der Waals surface area contributed by atoms with E-state index in [4.69, 9.17) is 0 Å². The molecule has 0 amide bonds. The Hall–Kier alpha value is -1.10. The van der Waals surface area contributed by atoms with Crippen LogP contribution in [0.3, 0.4) is 0 Å². The summed E-state index contributed by atoms with van der Waals surface area (Å²) in [5.41, 5.74) is 0.729. The van der Waals surface area contributed by atoms with Gasteiger partial charge in [-0.25, -0.2) is 9.78 Å². The Morgan fingerprint density at radius 3 is 2.32 bits per heavy atom. The lowest BCUT2D eigenvalue weighted by Crippen LogP contribution is -2.30. The van der Waals surface area contributed by atoms with Gasteiger partial charge in [0.05, 0.1) is 5.69 Å². The van der Waals surface area contributed by atoms with E-state index in [2.05, 4.69) is 30.7 Å². The summed E-state index contributed by atoms with van der Waals surface area (Å²) in [6.45, 7) is 8.38. The summed E-state index contributed by atoms with van der Waals surface area (Å²) >= 11 is 1.29. The molecule has 0 aromatic carbocycles. The van der Waals surface area contributed by atoms with E-state index >= 15 is 0 Å². The average molecular weight is 284 g/mol. The molecule has 0 fully saturated rings. The van der Waals surface area contributed by atoms with Crippen LogP contribution in [0, 0.1) is 0 Å². The van der Waals surface area contributed by atoms with Crippen molar-refractivity contribution >= 4 is 22.4 Å². The highest BCUT2D eigenvalue weighted by atomic mass is 32.1. The molecule has 0 spiro atoms. The maximum Gasteiger partial charge on any atom is 0.347 e. The van der Waals surface area contributed by atoms with Crippen molar-refractivity contribution in [2.24, 2.45) is 0 Å². The number of aromatic carboxylic acids is 1. The van der Waals surface area contributed by atoms with E-state index in [-0.39, 0.29) is 5.92 Å². The van der Waals surface area contributed by atoms with Gasteiger partial charge < -0.3 is 10.0 Å². The van der Waals surface area contributed by atoms with Crippen LogP contribution in [0.2, 0.25) is 0 Å². The van der Waals surface area contributed by atoms with Gasteiger partial charge in [0.25, 0.3) is 0 Å². The van der Waals surface area contributed by atoms with Crippen LogP contribution >= 0.6 is 11.3 Å². The first-order chi connectivity index (χ1) is 8.96. The van der Waals surface area contributed by atoms with Crippen LogP contribution in [0.15, 0.2) is 0 Å². The molecular weight excluding hydrogens is 260 g/mol. The van der Waals surface area contributed by atoms with Crippen LogP contribution in [-0.4, -0.2) is 29.1 Å². The van der Waals surface area contributed by atoms with Crippen molar-refractivity contribution in [3.63, 3.8) is 0 Å². The van der Waals surface area contributed by atoms with Gasteiger partial charge in [-0.05, 0) is 25.2 Å². The summed E-state index contributed by atoms with van der Waals surface area (Å²) in [6.07, 6.45) is 2.97. The molecule has 1 unspecified atom stereocenters. The van der Waals surface area contributed by atoms with E-state index < -0.39 is 5.97 Å². The van der Waals surface area contributed by atoms with E-state index in [9.17, 15) is 9.90 Å². The number of carboxylic acids is 1. The maximum atomic E-state index is 11.3. The highest BCUT2D eigenvalue weighted by Crippen LogP contribution is 2.33. The minimum absolute atomic E-state index is 0.186. The summed E-state index contributed by atoms with van der Waals surface area (Å²) in [6, 6.07) is 0.414. The second-order valence-corrected chi connectivity index (χ2v) is 5.88. The molecule has 0 aliphatic rings. The van der Waals surface area contributed by atoms with Crippen molar-refractivity contribution in [2.45, 2.75) is 58.9 Å². The van der Waals surface area contributed by atoms with Gasteiger partial charge in [0, 0.05) is 13.1 Å². The highest BCUT2D eigenvalue weighted by Gasteiger charge is 2.24. The number of thiazole rings is 1. The standard InChI is InChI=1S/C14H24N2O2S/c1-6-9(4)11-12(13(17)18)19-14(15-11)16(5)10(7-2)8-3/h9-10H,6-8H2,1-5H3,(H,17,18). The largest absolute Gasteiger partial charge is 0.477 e. The molecule has 4 nitrogen and oxygen atoms in total. The summed E-state index contributed by atoms with van der Waals surface area (Å²) in [7, 11) is 2.00. The molecule has 0 aliphatic heterocycles. The number of carbonyl (C=O) groups is 1. The maximum absolute atomic E-state index is 11.3. The Labute approximate surface area is 119 Å². The SMILES string of the molecule is CCC(C)c1nc(N(C)C(CC)CC)sc1C(=O)O. The molecule has 1 aromatic rings. The van der Waals surface area contributed by atoms with Crippen LogP contribution < -0.4 is 4.90 Å². The summed E-state index contributed by atoms with van der Waals surface area (Å²) in [5.74, 6) is -0.678. The predicted molar refractivity (Wildman–Crippen MR) is 80.6 cm³/mol. The van der Waals surface area contributed by atoms with Gasteiger partial charge in [0.2, 0.25) is 0 Å². The number of carboxylic acid groups (broad SMARTS) is 1. The molecule has 1 N–H and O–H groups in total. The second-order valence-electron chi connectivity index (χ2n) is 4.91. The van der Waals surface area contributed by atoms with E-state index in [0.29, 0.717) is 10.9 Å². The molecule has 0 aliphatic carbocycles. The first-order valence-corrected chi connectivity index (χ1v) is 7.74. The van der Waals surface area contributed by atoms with Crippen LogP contribution in [0.1, 0.15) is 68.2 Å². The van der Waals surface area contributed by atoms with Gasteiger partial charge in [0.15, 0.2) is 5.13 Å². The predicted octanol–water partition coefficient (Wildman–Crippen LogP) is 3.98. The smallest absolute Gasteiger partial charge is 0.347 e. The molecule has 1 heterocycles. The number of rotatable bonds is 7. The molecule has 0 radical (unpaired) electrons. The van der Waals surface area contributed by atoms with Gasteiger partial charge in [-0.1, -0.05) is 39.0 Å². The van der Waals surface area contributed by atoms with Crippen molar-refractivity contribution in [3.05, 3.63) is 10.6 Å². The molecule has 1 atom stereocenters. The minimum atomic E-state index is -0.864. The third-order valence-corrected chi connectivity index (χ3v) is 4.86. The van der Waals surface area contributed by atoms with Gasteiger partial charge in [-0.3, -0.25) is 0 Å².